The van der Waals surface area contributed by atoms with Crippen molar-refractivity contribution < 1.29 is 0 Å². The molecule has 16 heavy (non-hydrogen) atoms. The third-order valence-corrected chi connectivity index (χ3v) is 3.30. The molecule has 0 saturated carbocycles. The molecule has 0 radical (unpaired) electrons. The summed E-state index contributed by atoms with van der Waals surface area (Å²) in [4.78, 5) is 2.17. The molecule has 0 aliphatic carbocycles. The number of halogens is 1. The van der Waals surface area contributed by atoms with Crippen LogP contribution in [0.25, 0.3) is 0 Å². The highest BCUT2D eigenvalue weighted by Crippen LogP contribution is 2.27. The second-order valence-corrected chi connectivity index (χ2v) is 5.17. The van der Waals surface area contributed by atoms with Crippen LogP contribution in [0.15, 0.2) is 18.2 Å². The predicted octanol–water partition coefficient (Wildman–Crippen LogP) is 2.67. The highest BCUT2D eigenvalue weighted by Gasteiger charge is 2.20. The van der Waals surface area contributed by atoms with Gasteiger partial charge < -0.3 is 16.0 Å². The lowest BCUT2D eigenvalue weighted by atomic mass is 10.0. The lowest BCUT2D eigenvalue weighted by Gasteiger charge is -2.33. The number of nitrogens with two attached hydrogens (primary N) is 1. The summed E-state index contributed by atoms with van der Waals surface area (Å²) in [5.41, 5.74) is 7.45. The van der Waals surface area contributed by atoms with Crippen LogP contribution in [0.2, 0.25) is 5.02 Å². The van der Waals surface area contributed by atoms with Gasteiger partial charge in [-0.2, -0.15) is 0 Å². The maximum atomic E-state index is 5.95. The van der Waals surface area contributed by atoms with Crippen molar-refractivity contribution in [2.24, 2.45) is 0 Å². The normalized spacial score (nSPS) is 11.9. The highest BCUT2D eigenvalue weighted by molar-refractivity contribution is 6.33. The smallest absolute Gasteiger partial charge is 0.0739 e. The van der Waals surface area contributed by atoms with Gasteiger partial charge in [-0.3, -0.25) is 0 Å². The summed E-state index contributed by atoms with van der Waals surface area (Å²) in [5, 5.41) is 3.91. The van der Waals surface area contributed by atoms with Crippen LogP contribution >= 0.6 is 11.6 Å². The third kappa shape index (κ3) is 3.03. The van der Waals surface area contributed by atoms with Crippen molar-refractivity contribution in [1.29, 1.82) is 0 Å². The van der Waals surface area contributed by atoms with Crippen molar-refractivity contribution in [3.8, 4) is 0 Å². The van der Waals surface area contributed by atoms with Crippen LogP contribution in [0.1, 0.15) is 13.8 Å². The Labute approximate surface area is 103 Å². The van der Waals surface area contributed by atoms with Gasteiger partial charge in [0.1, 0.15) is 0 Å². The van der Waals surface area contributed by atoms with E-state index in [9.17, 15) is 0 Å². The Morgan fingerprint density at radius 1 is 1.38 bits per heavy atom. The van der Waals surface area contributed by atoms with Gasteiger partial charge in [0.2, 0.25) is 0 Å². The fraction of sp³-hybridized carbons (Fsp3) is 0.500. The molecule has 1 aromatic rings. The lowest BCUT2D eigenvalue weighted by Crippen LogP contribution is -2.44. The minimum atomic E-state index is 0.0642. The van der Waals surface area contributed by atoms with E-state index >= 15 is 0 Å². The van der Waals surface area contributed by atoms with Crippen LogP contribution in [-0.2, 0) is 0 Å². The van der Waals surface area contributed by atoms with Gasteiger partial charge in [0, 0.05) is 12.1 Å². The zero-order chi connectivity index (χ0) is 12.3. The first kappa shape index (κ1) is 13.1. The SMILES string of the molecule is CN(C)C(C)(C)CNc1cccc(Cl)c1N. The van der Waals surface area contributed by atoms with Crippen molar-refractivity contribution in [3.05, 3.63) is 23.2 Å². The van der Waals surface area contributed by atoms with Gasteiger partial charge in [0.25, 0.3) is 0 Å². The van der Waals surface area contributed by atoms with Crippen LogP contribution in [-0.4, -0.2) is 31.1 Å². The number of anilines is 2. The molecule has 0 spiro atoms. The summed E-state index contributed by atoms with van der Waals surface area (Å²) >= 11 is 5.95. The second-order valence-electron chi connectivity index (χ2n) is 4.76. The Kier molecular flexibility index (Phi) is 4.05. The molecule has 0 aliphatic heterocycles. The van der Waals surface area contributed by atoms with Crippen LogP contribution in [0.3, 0.4) is 0 Å². The Balaban J connectivity index is 2.72. The van der Waals surface area contributed by atoms with E-state index in [1.165, 1.54) is 0 Å². The molecule has 1 rings (SSSR count). The molecule has 0 unspecified atom stereocenters. The maximum Gasteiger partial charge on any atom is 0.0739 e. The molecule has 3 N–H and O–H groups in total. The number of rotatable bonds is 4. The van der Waals surface area contributed by atoms with Crippen LogP contribution in [0, 0.1) is 0 Å². The maximum absolute atomic E-state index is 5.95. The molecule has 0 heterocycles. The molecule has 0 atom stereocenters. The van der Waals surface area contributed by atoms with Gasteiger partial charge >= 0.3 is 0 Å². The average molecular weight is 242 g/mol. The fourth-order valence-corrected chi connectivity index (χ4v) is 1.34. The quantitative estimate of drug-likeness (QED) is 0.797. The number of likely N-dealkylation sites (N-methyl/N-ethyl adjacent to an activating group) is 1. The van der Waals surface area contributed by atoms with Crippen molar-refractivity contribution >= 4 is 23.0 Å². The summed E-state index contributed by atoms with van der Waals surface area (Å²) in [5.74, 6) is 0. The molecular weight excluding hydrogens is 222 g/mol. The lowest BCUT2D eigenvalue weighted by molar-refractivity contribution is 0.210. The van der Waals surface area contributed by atoms with E-state index in [-0.39, 0.29) is 5.54 Å². The Hall–Kier alpha value is -0.930. The zero-order valence-electron chi connectivity index (χ0n) is 10.3. The summed E-state index contributed by atoms with van der Waals surface area (Å²) < 4.78 is 0. The molecule has 0 bridgehead atoms. The molecule has 0 aromatic heterocycles. The van der Waals surface area contributed by atoms with E-state index in [0.29, 0.717) is 10.7 Å². The summed E-state index contributed by atoms with van der Waals surface area (Å²) in [6.45, 7) is 5.14. The number of benzene rings is 1. The Morgan fingerprint density at radius 2 is 2.00 bits per heavy atom. The number of nitrogens with zero attached hydrogens (tertiary/aromatic N) is 1. The molecule has 0 saturated heterocycles. The first-order valence-electron chi connectivity index (χ1n) is 5.30. The van der Waals surface area contributed by atoms with Gasteiger partial charge in [-0.1, -0.05) is 17.7 Å². The van der Waals surface area contributed by atoms with Gasteiger partial charge in [0.05, 0.1) is 16.4 Å². The fourth-order valence-electron chi connectivity index (χ4n) is 1.16. The Bertz CT molecular complexity index is 361. The summed E-state index contributed by atoms with van der Waals surface area (Å²) in [6.07, 6.45) is 0. The van der Waals surface area contributed by atoms with Crippen LogP contribution in [0.4, 0.5) is 11.4 Å². The number of hydrogen-bond acceptors (Lipinski definition) is 3. The predicted molar refractivity (Wildman–Crippen MR) is 72.1 cm³/mol. The minimum absolute atomic E-state index is 0.0642. The molecule has 0 fully saturated rings. The number of nitrogens with one attached hydrogen (secondary N) is 1. The molecule has 90 valence electrons. The van der Waals surface area contributed by atoms with E-state index in [1.807, 2.05) is 12.1 Å². The average Bonchev–Trinajstić information content (AvgIpc) is 2.20. The van der Waals surface area contributed by atoms with E-state index in [1.54, 1.807) is 6.07 Å². The van der Waals surface area contributed by atoms with Crippen molar-refractivity contribution in [1.82, 2.24) is 4.90 Å². The van der Waals surface area contributed by atoms with E-state index in [4.69, 9.17) is 17.3 Å². The Morgan fingerprint density at radius 3 is 2.56 bits per heavy atom. The third-order valence-electron chi connectivity index (χ3n) is 2.98. The van der Waals surface area contributed by atoms with Gasteiger partial charge in [0.15, 0.2) is 0 Å². The van der Waals surface area contributed by atoms with E-state index in [0.717, 1.165) is 12.2 Å². The molecule has 0 amide bonds. The molecule has 4 heteroatoms. The van der Waals surface area contributed by atoms with E-state index in [2.05, 4.69) is 38.2 Å². The van der Waals surface area contributed by atoms with E-state index < -0.39 is 0 Å². The number of para-hydroxylation sites is 1. The zero-order valence-corrected chi connectivity index (χ0v) is 11.1. The molecular formula is C12H20ClN3. The first-order chi connectivity index (χ1) is 7.34. The first-order valence-corrected chi connectivity index (χ1v) is 5.67. The topological polar surface area (TPSA) is 41.3 Å². The van der Waals surface area contributed by atoms with Crippen molar-refractivity contribution in [2.45, 2.75) is 19.4 Å². The largest absolute Gasteiger partial charge is 0.396 e. The number of nitrogen functional groups attached to an aromatic ring is 1. The van der Waals surface area contributed by atoms with Gasteiger partial charge in [-0.05, 0) is 40.1 Å². The van der Waals surface area contributed by atoms with Crippen molar-refractivity contribution in [3.63, 3.8) is 0 Å². The number of hydrogen-bond donors (Lipinski definition) is 2. The molecule has 0 aliphatic rings. The van der Waals surface area contributed by atoms with Gasteiger partial charge in [-0.15, -0.1) is 0 Å². The summed E-state index contributed by atoms with van der Waals surface area (Å²) in [6, 6.07) is 5.62. The monoisotopic (exact) mass is 241 g/mol. The standard InChI is InChI=1S/C12H20ClN3/c1-12(2,16(3)4)8-15-10-7-5-6-9(13)11(10)14/h5-7,15H,8,14H2,1-4H3. The van der Waals surface area contributed by atoms with Crippen molar-refractivity contribution in [2.75, 3.05) is 31.7 Å². The van der Waals surface area contributed by atoms with Crippen LogP contribution < -0.4 is 11.1 Å². The second kappa shape index (κ2) is 4.93. The molecule has 3 nitrogen and oxygen atoms in total. The van der Waals surface area contributed by atoms with Crippen LogP contribution in [0.5, 0.6) is 0 Å². The van der Waals surface area contributed by atoms with Gasteiger partial charge in [-0.25, -0.2) is 0 Å². The minimum Gasteiger partial charge on any atom is -0.396 e. The summed E-state index contributed by atoms with van der Waals surface area (Å²) in [7, 11) is 4.12. The molecule has 1 aromatic carbocycles. The highest BCUT2D eigenvalue weighted by atomic mass is 35.5.